The molecular formula is C18H19BFN7OS. The number of benzene rings is 1. The lowest BCUT2D eigenvalue weighted by atomic mass is 9.93. The molecule has 0 unspecified atom stereocenters. The van der Waals surface area contributed by atoms with Gasteiger partial charge in [0.1, 0.15) is 13.7 Å². The van der Waals surface area contributed by atoms with Crippen LogP contribution in [-0.2, 0) is 13.1 Å². The second-order valence-corrected chi connectivity index (χ2v) is 8.13. The summed E-state index contributed by atoms with van der Waals surface area (Å²) in [5.41, 5.74) is 0.944. The molecule has 0 bridgehead atoms. The summed E-state index contributed by atoms with van der Waals surface area (Å²) in [6.45, 7) is 3.47. The van der Waals surface area contributed by atoms with E-state index in [4.69, 9.17) is 0 Å². The minimum Gasteiger partial charge on any atom is -0.340 e. The average molecular weight is 411 g/mol. The number of carbonyl (C=O) groups excluding carboxylic acids is 1. The van der Waals surface area contributed by atoms with E-state index in [0.29, 0.717) is 36.5 Å². The van der Waals surface area contributed by atoms with Gasteiger partial charge in [-0.25, -0.2) is 4.39 Å². The first-order valence-electron chi connectivity index (χ1n) is 9.66. The number of aromatic nitrogens is 5. The van der Waals surface area contributed by atoms with Crippen molar-refractivity contribution in [2.45, 2.75) is 25.9 Å². The van der Waals surface area contributed by atoms with Crippen molar-refractivity contribution in [1.82, 2.24) is 29.0 Å². The summed E-state index contributed by atoms with van der Waals surface area (Å²) in [5, 5.41) is 9.35. The maximum Gasteiger partial charge on any atom is 0.254 e. The highest BCUT2D eigenvalue weighted by molar-refractivity contribution is 7.09. The lowest BCUT2D eigenvalue weighted by molar-refractivity contribution is 0.0708. The zero-order valence-corrected chi connectivity index (χ0v) is 16.8. The van der Waals surface area contributed by atoms with Gasteiger partial charge in [0.15, 0.2) is 16.7 Å². The number of hydrogen-bond donors (Lipinski definition) is 0. The number of halogens is 1. The van der Waals surface area contributed by atoms with Crippen LogP contribution in [0.25, 0.3) is 10.8 Å². The second kappa shape index (κ2) is 7.22. The molecule has 2 aliphatic rings. The van der Waals surface area contributed by atoms with E-state index < -0.39 is 0 Å². The molecule has 1 amide bonds. The highest BCUT2D eigenvalue weighted by Gasteiger charge is 2.27. The Kier molecular flexibility index (Phi) is 4.54. The first-order chi connectivity index (χ1) is 14.1. The Morgan fingerprint density at radius 1 is 1.14 bits per heavy atom. The molecule has 11 heteroatoms. The Labute approximate surface area is 171 Å². The molecule has 29 heavy (non-hydrogen) atoms. The molecular weight excluding hydrogens is 392 g/mol. The van der Waals surface area contributed by atoms with Crippen LogP contribution in [0.5, 0.6) is 0 Å². The van der Waals surface area contributed by atoms with Gasteiger partial charge in [-0.15, -0.1) is 10.2 Å². The molecule has 2 aromatic heterocycles. The molecule has 0 N–H and O–H groups in total. The van der Waals surface area contributed by atoms with Crippen molar-refractivity contribution in [2.75, 3.05) is 24.5 Å². The quantitative estimate of drug-likeness (QED) is 0.583. The molecule has 0 spiro atoms. The summed E-state index contributed by atoms with van der Waals surface area (Å²) in [6, 6.07) is 4.45. The second-order valence-electron chi connectivity index (χ2n) is 7.38. The fourth-order valence-corrected chi connectivity index (χ4v) is 4.48. The van der Waals surface area contributed by atoms with E-state index in [0.717, 1.165) is 29.9 Å². The molecule has 1 fully saturated rings. The summed E-state index contributed by atoms with van der Waals surface area (Å²) in [4.78, 5) is 21.4. The average Bonchev–Trinajstić information content (AvgIpc) is 3.48. The SMILES string of the molecule is Bc1cc(C(=O)N2CCn3c(nnc3-c3nc(N4CCCC4)ns3)C2)ccc1F. The third kappa shape index (κ3) is 3.29. The van der Waals surface area contributed by atoms with Gasteiger partial charge in [0, 0.05) is 31.7 Å². The zero-order chi connectivity index (χ0) is 20.0. The van der Waals surface area contributed by atoms with Crippen LogP contribution in [0, 0.1) is 5.82 Å². The highest BCUT2D eigenvalue weighted by atomic mass is 32.1. The van der Waals surface area contributed by atoms with E-state index in [1.165, 1.54) is 36.5 Å². The fourth-order valence-electron chi connectivity index (χ4n) is 3.80. The van der Waals surface area contributed by atoms with Crippen LogP contribution in [-0.4, -0.2) is 62.4 Å². The smallest absolute Gasteiger partial charge is 0.254 e. The lowest BCUT2D eigenvalue weighted by Gasteiger charge is -2.27. The Morgan fingerprint density at radius 3 is 2.76 bits per heavy atom. The van der Waals surface area contributed by atoms with E-state index in [1.807, 2.05) is 4.57 Å². The van der Waals surface area contributed by atoms with Gasteiger partial charge in [-0.1, -0.05) is 11.5 Å². The highest BCUT2D eigenvalue weighted by Crippen LogP contribution is 2.27. The molecule has 1 saturated heterocycles. The van der Waals surface area contributed by atoms with E-state index in [9.17, 15) is 9.18 Å². The Hall–Kier alpha value is -2.82. The van der Waals surface area contributed by atoms with Gasteiger partial charge in [-0.3, -0.25) is 4.79 Å². The van der Waals surface area contributed by atoms with Crippen LogP contribution in [0.4, 0.5) is 10.3 Å². The number of anilines is 1. The number of nitrogens with zero attached hydrogens (tertiary/aromatic N) is 7. The minimum atomic E-state index is -0.310. The van der Waals surface area contributed by atoms with Gasteiger partial charge in [0.2, 0.25) is 5.95 Å². The van der Waals surface area contributed by atoms with Crippen LogP contribution in [0.2, 0.25) is 0 Å². The third-order valence-electron chi connectivity index (χ3n) is 5.44. The van der Waals surface area contributed by atoms with Crippen LogP contribution < -0.4 is 10.4 Å². The number of carbonyl (C=O) groups is 1. The van der Waals surface area contributed by atoms with Crippen LogP contribution >= 0.6 is 11.5 Å². The topological polar surface area (TPSA) is 80.0 Å². The Morgan fingerprint density at radius 2 is 1.97 bits per heavy atom. The van der Waals surface area contributed by atoms with Crippen molar-refractivity contribution in [1.29, 1.82) is 0 Å². The maximum absolute atomic E-state index is 13.5. The van der Waals surface area contributed by atoms with Crippen molar-refractivity contribution in [3.05, 3.63) is 35.4 Å². The standard InChI is InChI=1S/C18H19BFN7OS/c19-12-9-11(3-4-13(12)20)17(28)26-7-8-27-14(10-26)22-23-15(27)16-21-18(24-29-16)25-5-1-2-6-25/h3-4,9H,1-2,5-8,10,19H2. The van der Waals surface area contributed by atoms with E-state index in [1.54, 1.807) is 18.8 Å². The molecule has 5 rings (SSSR count). The molecule has 148 valence electrons. The zero-order valence-electron chi connectivity index (χ0n) is 16.0. The Balaban J connectivity index is 1.35. The van der Waals surface area contributed by atoms with Gasteiger partial charge < -0.3 is 14.4 Å². The van der Waals surface area contributed by atoms with Gasteiger partial charge in [-0.05, 0) is 36.5 Å². The summed E-state index contributed by atoms with van der Waals surface area (Å²) >= 11 is 1.33. The molecule has 1 aromatic carbocycles. The van der Waals surface area contributed by atoms with Crippen molar-refractivity contribution < 1.29 is 9.18 Å². The predicted octanol–water partition coefficient (Wildman–Crippen LogP) is 0.450. The van der Waals surface area contributed by atoms with E-state index >= 15 is 0 Å². The van der Waals surface area contributed by atoms with E-state index in [2.05, 4.69) is 24.5 Å². The predicted molar refractivity (Wildman–Crippen MR) is 110 cm³/mol. The van der Waals surface area contributed by atoms with Crippen LogP contribution in [0.1, 0.15) is 29.0 Å². The van der Waals surface area contributed by atoms with Crippen molar-refractivity contribution in [3.8, 4) is 10.8 Å². The van der Waals surface area contributed by atoms with Gasteiger partial charge in [-0.2, -0.15) is 9.36 Å². The molecule has 2 aliphatic heterocycles. The van der Waals surface area contributed by atoms with Crippen molar-refractivity contribution in [3.63, 3.8) is 0 Å². The summed E-state index contributed by atoms with van der Waals surface area (Å²) in [7, 11) is 1.66. The number of amides is 1. The van der Waals surface area contributed by atoms with E-state index in [-0.39, 0.29) is 11.7 Å². The molecule has 3 aromatic rings. The first kappa shape index (κ1) is 18.2. The lowest BCUT2D eigenvalue weighted by Crippen LogP contribution is -2.38. The van der Waals surface area contributed by atoms with Crippen molar-refractivity contribution >= 4 is 36.7 Å². The summed E-state index contributed by atoms with van der Waals surface area (Å²) in [6.07, 6.45) is 2.35. The molecule has 0 radical (unpaired) electrons. The fraction of sp³-hybridized carbons (Fsp3) is 0.389. The molecule has 4 heterocycles. The van der Waals surface area contributed by atoms with Crippen molar-refractivity contribution in [2.24, 2.45) is 0 Å². The Bertz CT molecular complexity index is 1080. The molecule has 0 aliphatic carbocycles. The molecule has 0 atom stereocenters. The van der Waals surface area contributed by atoms with Gasteiger partial charge in [0.05, 0.1) is 6.54 Å². The number of fused-ring (bicyclic) bond motifs is 1. The number of hydrogen-bond acceptors (Lipinski definition) is 7. The maximum atomic E-state index is 13.5. The first-order valence-corrected chi connectivity index (χ1v) is 10.4. The summed E-state index contributed by atoms with van der Waals surface area (Å²) < 4.78 is 20.0. The normalized spacial score (nSPS) is 16.3. The third-order valence-corrected chi connectivity index (χ3v) is 6.14. The molecule has 8 nitrogen and oxygen atoms in total. The largest absolute Gasteiger partial charge is 0.340 e. The van der Waals surface area contributed by atoms with Crippen LogP contribution in [0.15, 0.2) is 18.2 Å². The van der Waals surface area contributed by atoms with Gasteiger partial charge in [0.25, 0.3) is 5.91 Å². The monoisotopic (exact) mass is 411 g/mol. The van der Waals surface area contributed by atoms with Gasteiger partial charge >= 0.3 is 0 Å². The number of rotatable bonds is 3. The summed E-state index contributed by atoms with van der Waals surface area (Å²) in [5.74, 6) is 1.74. The van der Waals surface area contributed by atoms with Crippen LogP contribution in [0.3, 0.4) is 0 Å². The minimum absolute atomic E-state index is 0.129. The molecule has 0 saturated carbocycles.